The zero-order chi connectivity index (χ0) is 10.4. The van der Waals surface area contributed by atoms with Gasteiger partial charge < -0.3 is 0 Å². The summed E-state index contributed by atoms with van der Waals surface area (Å²) in [6.45, 7) is -0.615. The van der Waals surface area contributed by atoms with E-state index in [1.807, 2.05) is 24.3 Å². The molecule has 0 aliphatic carbocycles. The van der Waals surface area contributed by atoms with E-state index >= 15 is 0 Å². The van der Waals surface area contributed by atoms with E-state index in [1.165, 1.54) is 0 Å². The molecule has 1 rings (SSSR count). The first-order valence-electron chi connectivity index (χ1n) is 4.11. The van der Waals surface area contributed by atoms with Gasteiger partial charge in [-0.15, -0.1) is 0 Å². The van der Waals surface area contributed by atoms with Crippen molar-refractivity contribution in [3.05, 3.63) is 43.8 Å². The summed E-state index contributed by atoms with van der Waals surface area (Å²) < 4.78 is 13.5. The molecule has 0 heterocycles. The van der Waals surface area contributed by atoms with Crippen molar-refractivity contribution in [2.75, 3.05) is 6.67 Å². The summed E-state index contributed by atoms with van der Waals surface area (Å²) in [5.41, 5.74) is 9.17. The Kier molecular flexibility index (Phi) is 4.69. The lowest BCUT2D eigenvalue weighted by atomic mass is 10.1. The normalized spacial score (nSPS) is 11.9. The third kappa shape index (κ3) is 3.51. The molecule has 0 bridgehead atoms. The fraction of sp³-hybridized carbons (Fsp3) is 0.333. The SMILES string of the molecule is [N-]=[N+]=N[C@H](CF)Cc1ccc(I)cc1. The fourth-order valence-electron chi connectivity index (χ4n) is 1.09. The minimum Gasteiger partial charge on any atom is -0.251 e. The monoisotopic (exact) mass is 305 g/mol. The summed E-state index contributed by atoms with van der Waals surface area (Å²) in [4.78, 5) is 2.60. The Morgan fingerprint density at radius 3 is 2.57 bits per heavy atom. The smallest absolute Gasteiger partial charge is 0.0982 e. The molecule has 1 aromatic rings. The third-order valence-corrected chi connectivity index (χ3v) is 2.50. The van der Waals surface area contributed by atoms with Crippen LogP contribution in [0.3, 0.4) is 0 Å². The summed E-state index contributed by atoms with van der Waals surface area (Å²) in [5, 5.41) is 3.36. The van der Waals surface area contributed by atoms with Crippen molar-refractivity contribution in [3.63, 3.8) is 0 Å². The van der Waals surface area contributed by atoms with Crippen LogP contribution in [0.4, 0.5) is 4.39 Å². The van der Waals surface area contributed by atoms with Crippen molar-refractivity contribution in [2.45, 2.75) is 12.5 Å². The van der Waals surface area contributed by atoms with E-state index in [0.717, 1.165) is 9.13 Å². The lowest BCUT2D eigenvalue weighted by molar-refractivity contribution is 0.426. The Morgan fingerprint density at radius 2 is 2.07 bits per heavy atom. The summed E-state index contributed by atoms with van der Waals surface area (Å²) in [6.07, 6.45) is 0.456. The van der Waals surface area contributed by atoms with Crippen LogP contribution in [0.2, 0.25) is 0 Å². The summed E-state index contributed by atoms with van der Waals surface area (Å²) in [5.74, 6) is 0. The van der Waals surface area contributed by atoms with Gasteiger partial charge in [0.1, 0.15) is 0 Å². The third-order valence-electron chi connectivity index (χ3n) is 1.78. The van der Waals surface area contributed by atoms with E-state index in [4.69, 9.17) is 5.53 Å². The van der Waals surface area contributed by atoms with Crippen molar-refractivity contribution in [1.29, 1.82) is 0 Å². The number of benzene rings is 1. The molecule has 0 amide bonds. The van der Waals surface area contributed by atoms with Gasteiger partial charge in [-0.1, -0.05) is 17.2 Å². The zero-order valence-electron chi connectivity index (χ0n) is 7.40. The van der Waals surface area contributed by atoms with Crippen molar-refractivity contribution in [2.24, 2.45) is 5.11 Å². The second-order valence-electron chi connectivity index (χ2n) is 2.84. The number of alkyl halides is 1. The van der Waals surface area contributed by atoms with Gasteiger partial charge in [0.2, 0.25) is 0 Å². The van der Waals surface area contributed by atoms with Crippen LogP contribution in [0.1, 0.15) is 5.56 Å². The molecule has 0 spiro atoms. The van der Waals surface area contributed by atoms with Gasteiger partial charge in [0.05, 0.1) is 12.7 Å². The van der Waals surface area contributed by atoms with Crippen molar-refractivity contribution < 1.29 is 4.39 Å². The summed E-state index contributed by atoms with van der Waals surface area (Å²) in [7, 11) is 0. The molecule has 0 radical (unpaired) electrons. The van der Waals surface area contributed by atoms with Crippen LogP contribution in [0.25, 0.3) is 10.4 Å². The van der Waals surface area contributed by atoms with E-state index in [0.29, 0.717) is 6.42 Å². The van der Waals surface area contributed by atoms with E-state index in [2.05, 4.69) is 32.6 Å². The van der Waals surface area contributed by atoms with Crippen LogP contribution in [-0.4, -0.2) is 12.7 Å². The Balaban J connectivity index is 2.67. The van der Waals surface area contributed by atoms with Gasteiger partial charge in [0.15, 0.2) is 0 Å². The first-order valence-corrected chi connectivity index (χ1v) is 5.18. The maximum atomic E-state index is 12.3. The maximum absolute atomic E-state index is 12.3. The lowest BCUT2D eigenvalue weighted by Crippen LogP contribution is -2.09. The molecule has 3 nitrogen and oxygen atoms in total. The minimum atomic E-state index is -0.615. The van der Waals surface area contributed by atoms with Crippen LogP contribution < -0.4 is 0 Å². The Labute approximate surface area is 95.1 Å². The number of nitrogens with zero attached hydrogens (tertiary/aromatic N) is 3. The number of hydrogen-bond acceptors (Lipinski definition) is 1. The standard InChI is InChI=1S/C9H9FIN3/c10-6-9(13-14-12)5-7-1-3-8(11)4-2-7/h1-4,9H,5-6H2/t9-/m0/s1. The Bertz CT molecular complexity index is 332. The number of rotatable bonds is 4. The first kappa shape index (κ1) is 11.3. The van der Waals surface area contributed by atoms with Gasteiger partial charge in [0.25, 0.3) is 0 Å². The summed E-state index contributed by atoms with van der Waals surface area (Å²) >= 11 is 2.20. The number of halogens is 2. The second kappa shape index (κ2) is 5.82. The highest BCUT2D eigenvalue weighted by atomic mass is 127. The average molecular weight is 305 g/mol. The highest BCUT2D eigenvalue weighted by Gasteiger charge is 2.06. The average Bonchev–Trinajstić information content (AvgIpc) is 2.20. The van der Waals surface area contributed by atoms with Crippen molar-refractivity contribution >= 4 is 22.6 Å². The quantitative estimate of drug-likeness (QED) is 0.354. The predicted molar refractivity (Wildman–Crippen MR) is 61.8 cm³/mol. The van der Waals surface area contributed by atoms with Crippen LogP contribution in [0.15, 0.2) is 29.4 Å². The topological polar surface area (TPSA) is 48.8 Å². The van der Waals surface area contributed by atoms with Crippen LogP contribution >= 0.6 is 22.6 Å². The van der Waals surface area contributed by atoms with E-state index in [-0.39, 0.29) is 0 Å². The fourth-order valence-corrected chi connectivity index (χ4v) is 1.45. The largest absolute Gasteiger partial charge is 0.251 e. The minimum absolute atomic E-state index is 0.456. The molecule has 0 aromatic heterocycles. The summed E-state index contributed by atoms with van der Waals surface area (Å²) in [6, 6.07) is 7.14. The Morgan fingerprint density at radius 1 is 1.43 bits per heavy atom. The molecule has 0 unspecified atom stereocenters. The lowest BCUT2D eigenvalue weighted by Gasteiger charge is -2.05. The molecule has 0 aliphatic rings. The van der Waals surface area contributed by atoms with E-state index < -0.39 is 12.7 Å². The molecule has 0 N–H and O–H groups in total. The van der Waals surface area contributed by atoms with Gasteiger partial charge in [-0.05, 0) is 52.2 Å². The van der Waals surface area contributed by atoms with Gasteiger partial charge in [-0.3, -0.25) is 4.39 Å². The maximum Gasteiger partial charge on any atom is 0.0982 e. The molecule has 74 valence electrons. The highest BCUT2D eigenvalue weighted by molar-refractivity contribution is 14.1. The van der Waals surface area contributed by atoms with Crippen molar-refractivity contribution in [3.8, 4) is 0 Å². The molecule has 1 aromatic carbocycles. The predicted octanol–water partition coefficient (Wildman–Crippen LogP) is 3.48. The van der Waals surface area contributed by atoms with Crippen LogP contribution in [0, 0.1) is 3.57 Å². The molecule has 0 fully saturated rings. The van der Waals surface area contributed by atoms with E-state index in [9.17, 15) is 4.39 Å². The molecule has 0 saturated heterocycles. The molecule has 1 atom stereocenters. The molecule has 0 saturated carbocycles. The number of azide groups is 1. The van der Waals surface area contributed by atoms with Gasteiger partial charge in [-0.2, -0.15) is 0 Å². The number of hydrogen-bond donors (Lipinski definition) is 0. The van der Waals surface area contributed by atoms with Crippen LogP contribution in [-0.2, 0) is 6.42 Å². The molecule has 0 aliphatic heterocycles. The highest BCUT2D eigenvalue weighted by Crippen LogP contribution is 2.10. The molecular weight excluding hydrogens is 296 g/mol. The Hall–Kier alpha value is -0.810. The van der Waals surface area contributed by atoms with Crippen molar-refractivity contribution in [1.82, 2.24) is 0 Å². The van der Waals surface area contributed by atoms with E-state index in [1.54, 1.807) is 0 Å². The van der Waals surface area contributed by atoms with Gasteiger partial charge in [0, 0.05) is 8.48 Å². The molecule has 14 heavy (non-hydrogen) atoms. The van der Waals surface area contributed by atoms with Gasteiger partial charge >= 0.3 is 0 Å². The molecular formula is C9H9FIN3. The second-order valence-corrected chi connectivity index (χ2v) is 4.09. The molecule has 5 heteroatoms. The zero-order valence-corrected chi connectivity index (χ0v) is 9.56. The van der Waals surface area contributed by atoms with Gasteiger partial charge in [-0.25, -0.2) is 0 Å². The first-order chi connectivity index (χ1) is 6.76. The van der Waals surface area contributed by atoms with Crippen LogP contribution in [0.5, 0.6) is 0 Å².